The van der Waals surface area contributed by atoms with E-state index in [-0.39, 0.29) is 33.6 Å². The Hall–Kier alpha value is -3.27. The summed E-state index contributed by atoms with van der Waals surface area (Å²) in [5, 5.41) is 11.5. The van der Waals surface area contributed by atoms with Crippen LogP contribution in [-0.4, -0.2) is 47.1 Å². The van der Waals surface area contributed by atoms with Crippen LogP contribution in [-0.2, 0) is 0 Å². The van der Waals surface area contributed by atoms with Crippen molar-refractivity contribution in [3.63, 3.8) is 0 Å². The van der Waals surface area contributed by atoms with Gasteiger partial charge in [0.25, 0.3) is 11.8 Å². The lowest BCUT2D eigenvalue weighted by Gasteiger charge is -2.65. The van der Waals surface area contributed by atoms with Gasteiger partial charge in [-0.25, -0.2) is 13.8 Å². The van der Waals surface area contributed by atoms with E-state index < -0.39 is 28.8 Å². The highest BCUT2D eigenvalue weighted by atomic mass is 35.5. The summed E-state index contributed by atoms with van der Waals surface area (Å²) in [6, 6.07) is 4.29. The molecule has 0 saturated heterocycles. The van der Waals surface area contributed by atoms with E-state index in [0.29, 0.717) is 43.9 Å². The molecule has 2 amide bonds. The number of pyridine rings is 1. The normalized spacial score (nSPS) is 26.1. The first-order valence-electron chi connectivity index (χ1n) is 11.6. The van der Waals surface area contributed by atoms with E-state index in [1.165, 1.54) is 12.3 Å². The second kappa shape index (κ2) is 7.87. The van der Waals surface area contributed by atoms with Gasteiger partial charge in [-0.3, -0.25) is 19.9 Å². The lowest BCUT2D eigenvalue weighted by Crippen LogP contribution is -2.76. The van der Waals surface area contributed by atoms with Crippen LogP contribution in [0.3, 0.4) is 0 Å². The third kappa shape index (κ3) is 3.99. The van der Waals surface area contributed by atoms with Crippen molar-refractivity contribution >= 4 is 40.9 Å². The molecule has 2 aromatic rings. The molecule has 0 atom stereocenters. The number of hydrogen-bond donors (Lipinski definition) is 4. The number of carbonyl (C=O) groups is 2. The highest BCUT2D eigenvalue weighted by molar-refractivity contribution is 6.36. The second-order valence-electron chi connectivity index (χ2n) is 9.87. The van der Waals surface area contributed by atoms with Crippen LogP contribution in [0.15, 0.2) is 29.4 Å². The van der Waals surface area contributed by atoms with Crippen LogP contribution < -0.4 is 21.3 Å². The molecule has 2 heterocycles. The van der Waals surface area contributed by atoms with Crippen molar-refractivity contribution in [1.82, 2.24) is 20.9 Å². The second-order valence-corrected chi connectivity index (χ2v) is 10.2. The molecule has 8 nitrogen and oxygen atoms in total. The number of nitrogens with one attached hydrogen (secondary N) is 4. The molecular formula is C24H23ClF2N6O2. The molecule has 4 saturated carbocycles. The number of amides is 2. The molecular weight excluding hydrogens is 478 g/mol. The Balaban J connectivity index is 1.25. The van der Waals surface area contributed by atoms with E-state index in [4.69, 9.17) is 11.6 Å². The largest absolute Gasteiger partial charge is 0.354 e. The van der Waals surface area contributed by atoms with Gasteiger partial charge in [-0.05, 0) is 42.5 Å². The molecule has 7 rings (SSSR count). The molecule has 0 unspecified atom stereocenters. The topological polar surface area (TPSA) is 108 Å². The molecule has 4 aliphatic carbocycles. The van der Waals surface area contributed by atoms with Gasteiger partial charge in [-0.2, -0.15) is 0 Å². The zero-order valence-corrected chi connectivity index (χ0v) is 19.4. The van der Waals surface area contributed by atoms with E-state index in [0.717, 1.165) is 18.9 Å². The lowest BCUT2D eigenvalue weighted by atomic mass is 9.47. The van der Waals surface area contributed by atoms with Gasteiger partial charge in [0.15, 0.2) is 5.96 Å². The fourth-order valence-corrected chi connectivity index (χ4v) is 5.44. The summed E-state index contributed by atoms with van der Waals surface area (Å²) in [5.74, 6) is -0.900. The molecule has 1 aliphatic heterocycles. The number of guanidine groups is 1. The van der Waals surface area contributed by atoms with E-state index >= 15 is 4.39 Å². The van der Waals surface area contributed by atoms with Crippen molar-refractivity contribution in [2.75, 3.05) is 18.4 Å². The van der Waals surface area contributed by atoms with Crippen molar-refractivity contribution in [2.45, 2.75) is 49.2 Å². The zero-order chi connectivity index (χ0) is 24.4. The quantitative estimate of drug-likeness (QED) is 0.485. The number of rotatable bonds is 6. The average molecular weight is 501 g/mol. The van der Waals surface area contributed by atoms with E-state index in [1.807, 2.05) is 0 Å². The number of anilines is 2. The van der Waals surface area contributed by atoms with Crippen molar-refractivity contribution in [3.05, 3.63) is 51.9 Å². The van der Waals surface area contributed by atoms with Gasteiger partial charge in [0.05, 0.1) is 22.8 Å². The standard InChI is InChI=1S/C24H23ClF2N6O2/c25-17-14(21(35)33-24-9-23(27,10-24)11-24)3-4-28-19(17)31-18-15(12-1-2-12)7-13(8-16(18)26)20(34)32-22-29-5-6-30-22/h3-4,7-8,12H,1-2,5-6,9-11H2,(H,28,31)(H,33,35)(H2,29,30,32,34). The Bertz CT molecular complexity index is 1280. The van der Waals surface area contributed by atoms with Gasteiger partial charge in [-0.1, -0.05) is 11.6 Å². The van der Waals surface area contributed by atoms with Crippen molar-refractivity contribution in [3.8, 4) is 0 Å². The molecule has 35 heavy (non-hydrogen) atoms. The minimum absolute atomic E-state index is 0.0415. The molecule has 4 N–H and O–H groups in total. The number of aliphatic imine (C=N–C) groups is 1. The van der Waals surface area contributed by atoms with Crippen LogP contribution in [0.2, 0.25) is 5.02 Å². The Morgan fingerprint density at radius 2 is 1.94 bits per heavy atom. The van der Waals surface area contributed by atoms with Crippen LogP contribution in [0.1, 0.15) is 64.3 Å². The average Bonchev–Trinajstić information content (AvgIpc) is 3.50. The number of benzene rings is 1. The summed E-state index contributed by atoms with van der Waals surface area (Å²) in [6.45, 7) is 1.21. The first-order chi connectivity index (χ1) is 16.7. The zero-order valence-electron chi connectivity index (χ0n) is 18.7. The third-order valence-corrected chi connectivity index (χ3v) is 7.41. The number of halogens is 3. The summed E-state index contributed by atoms with van der Waals surface area (Å²) >= 11 is 6.49. The minimum Gasteiger partial charge on any atom is -0.354 e. The summed E-state index contributed by atoms with van der Waals surface area (Å²) in [6.07, 6.45) is 4.11. The molecule has 11 heteroatoms. The van der Waals surface area contributed by atoms with Crippen molar-refractivity contribution < 1.29 is 18.4 Å². The molecule has 0 radical (unpaired) electrons. The van der Waals surface area contributed by atoms with Gasteiger partial charge < -0.3 is 16.0 Å². The molecule has 0 spiro atoms. The summed E-state index contributed by atoms with van der Waals surface area (Å²) in [5.41, 5.74) is -0.452. The molecule has 4 fully saturated rings. The monoisotopic (exact) mass is 500 g/mol. The molecule has 1 aromatic carbocycles. The Labute approximate surface area is 204 Å². The smallest absolute Gasteiger partial charge is 0.258 e. The van der Waals surface area contributed by atoms with Gasteiger partial charge in [0, 0.05) is 43.1 Å². The molecule has 5 aliphatic rings. The summed E-state index contributed by atoms with van der Waals surface area (Å²) < 4.78 is 29.1. The number of nitrogens with zero attached hydrogens (tertiary/aromatic N) is 2. The molecule has 182 valence electrons. The Morgan fingerprint density at radius 3 is 2.60 bits per heavy atom. The van der Waals surface area contributed by atoms with Crippen LogP contribution in [0.4, 0.5) is 20.3 Å². The van der Waals surface area contributed by atoms with E-state index in [9.17, 15) is 14.0 Å². The number of aromatic nitrogens is 1. The predicted molar refractivity (Wildman–Crippen MR) is 127 cm³/mol. The number of hydrogen-bond acceptors (Lipinski definition) is 6. The fraction of sp³-hybridized carbons (Fsp3) is 0.417. The number of carbonyl (C=O) groups excluding carboxylic acids is 2. The first-order valence-corrected chi connectivity index (χ1v) is 12.0. The van der Waals surface area contributed by atoms with E-state index in [1.54, 1.807) is 6.07 Å². The minimum atomic E-state index is -1.14. The van der Waals surface area contributed by atoms with Gasteiger partial charge in [0.1, 0.15) is 17.3 Å². The molecule has 2 bridgehead atoms. The van der Waals surface area contributed by atoms with Gasteiger partial charge in [-0.15, -0.1) is 0 Å². The highest BCUT2D eigenvalue weighted by Crippen LogP contribution is 2.63. The predicted octanol–water partition coefficient (Wildman–Crippen LogP) is 3.56. The first kappa shape index (κ1) is 22.2. The van der Waals surface area contributed by atoms with Crippen molar-refractivity contribution in [2.24, 2.45) is 4.99 Å². The molecule has 1 aromatic heterocycles. The van der Waals surface area contributed by atoms with Crippen LogP contribution in [0, 0.1) is 5.82 Å². The fourth-order valence-electron chi connectivity index (χ4n) is 5.20. The van der Waals surface area contributed by atoms with Gasteiger partial charge >= 0.3 is 0 Å². The Kier molecular flexibility index (Phi) is 5.00. The number of alkyl halides is 1. The Morgan fingerprint density at radius 1 is 1.17 bits per heavy atom. The van der Waals surface area contributed by atoms with E-state index in [2.05, 4.69) is 31.2 Å². The van der Waals surface area contributed by atoms with Crippen LogP contribution >= 0.6 is 11.6 Å². The maximum atomic E-state index is 15.3. The maximum Gasteiger partial charge on any atom is 0.258 e. The third-order valence-electron chi connectivity index (χ3n) is 7.03. The SMILES string of the molecule is O=C(NC1=NCCN1)c1cc(F)c(Nc2nccc(C(=O)NC34CC(F)(C3)C4)c2Cl)c(C2CC2)c1. The maximum absolute atomic E-state index is 15.3. The van der Waals surface area contributed by atoms with Crippen LogP contribution in [0.5, 0.6) is 0 Å². The summed E-state index contributed by atoms with van der Waals surface area (Å²) in [7, 11) is 0. The van der Waals surface area contributed by atoms with Crippen LogP contribution in [0.25, 0.3) is 0 Å². The van der Waals surface area contributed by atoms with Gasteiger partial charge in [0.2, 0.25) is 0 Å². The van der Waals surface area contributed by atoms with Crippen molar-refractivity contribution in [1.29, 1.82) is 0 Å². The summed E-state index contributed by atoms with van der Waals surface area (Å²) in [4.78, 5) is 33.8. The lowest BCUT2D eigenvalue weighted by molar-refractivity contribution is -0.162. The highest BCUT2D eigenvalue weighted by Gasteiger charge is 2.69.